The van der Waals surface area contributed by atoms with Gasteiger partial charge in [-0.1, -0.05) is 23.7 Å². The third kappa shape index (κ3) is 1.99. The highest BCUT2D eigenvalue weighted by Crippen LogP contribution is 2.23. The van der Waals surface area contributed by atoms with Gasteiger partial charge in [0.15, 0.2) is 5.82 Å². The van der Waals surface area contributed by atoms with Gasteiger partial charge in [0.2, 0.25) is 0 Å². The van der Waals surface area contributed by atoms with E-state index >= 15 is 0 Å². The molecule has 3 rings (SSSR count). The summed E-state index contributed by atoms with van der Waals surface area (Å²) in [6.07, 6.45) is 1.89. The molecule has 7 heteroatoms. The first-order valence-electron chi connectivity index (χ1n) is 6.12. The monoisotopic (exact) mass is 289 g/mol. The van der Waals surface area contributed by atoms with Gasteiger partial charge in [0.25, 0.3) is 5.56 Å². The van der Waals surface area contributed by atoms with Crippen molar-refractivity contribution < 1.29 is 0 Å². The zero-order chi connectivity index (χ0) is 14.1. The number of hydrogen-bond donors (Lipinski definition) is 2. The van der Waals surface area contributed by atoms with E-state index in [4.69, 9.17) is 17.3 Å². The smallest absolute Gasteiger partial charge is 0.271 e. The van der Waals surface area contributed by atoms with Gasteiger partial charge >= 0.3 is 0 Å². The van der Waals surface area contributed by atoms with Gasteiger partial charge in [-0.15, -0.1) is 0 Å². The summed E-state index contributed by atoms with van der Waals surface area (Å²) in [7, 11) is 0. The lowest BCUT2D eigenvalue weighted by atomic mass is 10.3. The summed E-state index contributed by atoms with van der Waals surface area (Å²) in [5.41, 5.74) is 6.90. The first-order chi connectivity index (χ1) is 9.72. The predicted octanol–water partition coefficient (Wildman–Crippen LogP) is 1.26. The quantitative estimate of drug-likeness (QED) is 0.760. The molecule has 0 aliphatic carbocycles. The third-order valence-corrected chi connectivity index (χ3v) is 3.33. The number of aromatic nitrogens is 4. The van der Waals surface area contributed by atoms with Crippen LogP contribution in [0.2, 0.25) is 5.02 Å². The van der Waals surface area contributed by atoms with Crippen LogP contribution in [-0.4, -0.2) is 26.1 Å². The summed E-state index contributed by atoms with van der Waals surface area (Å²) in [6.45, 7) is 0.449. The second kappa shape index (κ2) is 5.07. The van der Waals surface area contributed by atoms with Crippen LogP contribution < -0.4 is 11.3 Å². The van der Waals surface area contributed by atoms with Gasteiger partial charge < -0.3 is 10.7 Å². The molecule has 1 aromatic carbocycles. The molecule has 0 saturated carbocycles. The molecule has 2 aromatic heterocycles. The van der Waals surface area contributed by atoms with Crippen LogP contribution in [0.15, 0.2) is 35.4 Å². The van der Waals surface area contributed by atoms with Crippen molar-refractivity contribution in [2.24, 2.45) is 5.73 Å². The van der Waals surface area contributed by atoms with Crippen LogP contribution in [0.5, 0.6) is 0 Å². The van der Waals surface area contributed by atoms with Crippen LogP contribution in [0.25, 0.3) is 16.9 Å². The number of H-pyrrole nitrogens is 1. The molecule has 3 N–H and O–H groups in total. The SMILES string of the molecule is NCCc1nc2ccccc2n1-c1nc[nH]c(=O)c1Cl. The topological polar surface area (TPSA) is 89.6 Å². The Hall–Kier alpha value is -2.18. The van der Waals surface area contributed by atoms with E-state index in [0.717, 1.165) is 16.9 Å². The van der Waals surface area contributed by atoms with Crippen molar-refractivity contribution in [2.45, 2.75) is 6.42 Å². The van der Waals surface area contributed by atoms with Gasteiger partial charge in [-0.25, -0.2) is 9.97 Å². The highest BCUT2D eigenvalue weighted by Gasteiger charge is 2.16. The van der Waals surface area contributed by atoms with Crippen LogP contribution >= 0.6 is 11.6 Å². The lowest BCUT2D eigenvalue weighted by Gasteiger charge is -2.08. The molecule has 20 heavy (non-hydrogen) atoms. The molecule has 3 aromatic rings. The minimum Gasteiger partial charge on any atom is -0.330 e. The fourth-order valence-electron chi connectivity index (χ4n) is 2.14. The molecule has 0 aliphatic heterocycles. The van der Waals surface area contributed by atoms with Crippen molar-refractivity contribution in [3.05, 3.63) is 51.8 Å². The van der Waals surface area contributed by atoms with Crippen molar-refractivity contribution in [1.82, 2.24) is 19.5 Å². The van der Waals surface area contributed by atoms with E-state index in [2.05, 4.69) is 15.0 Å². The molecule has 0 bridgehead atoms. The lowest BCUT2D eigenvalue weighted by molar-refractivity contribution is 0.830. The zero-order valence-electron chi connectivity index (χ0n) is 10.5. The molecule has 0 amide bonds. The van der Waals surface area contributed by atoms with Gasteiger partial charge in [-0.2, -0.15) is 0 Å². The Kier molecular flexibility index (Phi) is 3.25. The van der Waals surface area contributed by atoms with Crippen molar-refractivity contribution in [2.75, 3.05) is 6.54 Å². The van der Waals surface area contributed by atoms with Crippen LogP contribution in [0.4, 0.5) is 0 Å². The lowest BCUT2D eigenvalue weighted by Crippen LogP contribution is -2.15. The van der Waals surface area contributed by atoms with Crippen LogP contribution in [0.3, 0.4) is 0 Å². The van der Waals surface area contributed by atoms with Crippen molar-refractivity contribution in [3.8, 4) is 5.82 Å². The van der Waals surface area contributed by atoms with Gasteiger partial charge in [-0.3, -0.25) is 9.36 Å². The maximum atomic E-state index is 11.7. The predicted molar refractivity (Wildman–Crippen MR) is 77.3 cm³/mol. The standard InChI is InChI=1S/C13H12ClN5O/c14-11-12(16-7-17-13(11)20)19-9-4-2-1-3-8(9)18-10(19)5-6-15/h1-4,7H,5-6,15H2,(H,16,17,20). The minimum absolute atomic E-state index is 0.0360. The van der Waals surface area contributed by atoms with Gasteiger partial charge in [0.05, 0.1) is 17.4 Å². The number of nitrogens with two attached hydrogens (primary N) is 1. The van der Waals surface area contributed by atoms with E-state index in [1.807, 2.05) is 24.3 Å². The first-order valence-corrected chi connectivity index (χ1v) is 6.50. The van der Waals surface area contributed by atoms with E-state index < -0.39 is 0 Å². The summed E-state index contributed by atoms with van der Waals surface area (Å²) < 4.78 is 1.78. The molecule has 0 unspecified atom stereocenters. The first kappa shape index (κ1) is 12.8. The Bertz CT molecular complexity index is 823. The molecule has 0 fully saturated rings. The average Bonchev–Trinajstić information content (AvgIpc) is 2.80. The fraction of sp³-hybridized carbons (Fsp3) is 0.154. The summed E-state index contributed by atoms with van der Waals surface area (Å²) in [5, 5.41) is 0.0360. The van der Waals surface area contributed by atoms with Crippen LogP contribution in [0, 0.1) is 0 Å². The number of nitrogens with zero attached hydrogens (tertiary/aromatic N) is 3. The van der Waals surface area contributed by atoms with Crippen molar-refractivity contribution >= 4 is 22.6 Å². The average molecular weight is 290 g/mol. The van der Waals surface area contributed by atoms with E-state index in [0.29, 0.717) is 18.8 Å². The highest BCUT2D eigenvalue weighted by molar-refractivity contribution is 6.32. The number of benzene rings is 1. The number of para-hydroxylation sites is 2. The molecule has 0 radical (unpaired) electrons. The highest BCUT2D eigenvalue weighted by atomic mass is 35.5. The Morgan fingerprint density at radius 2 is 2.15 bits per heavy atom. The molecular formula is C13H12ClN5O. The minimum atomic E-state index is -0.381. The number of rotatable bonds is 3. The Morgan fingerprint density at radius 3 is 2.95 bits per heavy atom. The number of hydrogen-bond acceptors (Lipinski definition) is 4. The number of imidazole rings is 1. The van der Waals surface area contributed by atoms with Gasteiger partial charge in [0.1, 0.15) is 10.8 Å². The molecule has 0 atom stereocenters. The maximum Gasteiger partial charge on any atom is 0.271 e. The molecular weight excluding hydrogens is 278 g/mol. The van der Waals surface area contributed by atoms with E-state index in [1.54, 1.807) is 4.57 Å². The van der Waals surface area contributed by atoms with Crippen molar-refractivity contribution in [3.63, 3.8) is 0 Å². The van der Waals surface area contributed by atoms with E-state index in [1.165, 1.54) is 6.33 Å². The van der Waals surface area contributed by atoms with Crippen LogP contribution in [-0.2, 0) is 6.42 Å². The Morgan fingerprint density at radius 1 is 1.35 bits per heavy atom. The summed E-state index contributed by atoms with van der Waals surface area (Å²) in [6, 6.07) is 7.60. The van der Waals surface area contributed by atoms with E-state index in [-0.39, 0.29) is 10.6 Å². The molecule has 0 saturated heterocycles. The fourth-order valence-corrected chi connectivity index (χ4v) is 2.33. The normalized spacial score (nSPS) is 11.1. The maximum absolute atomic E-state index is 11.7. The van der Waals surface area contributed by atoms with Crippen LogP contribution in [0.1, 0.15) is 5.82 Å². The largest absolute Gasteiger partial charge is 0.330 e. The Labute approximate surface area is 119 Å². The number of nitrogens with one attached hydrogen (secondary N) is 1. The zero-order valence-corrected chi connectivity index (χ0v) is 11.3. The number of aromatic amines is 1. The van der Waals surface area contributed by atoms with Gasteiger partial charge in [-0.05, 0) is 18.7 Å². The third-order valence-electron chi connectivity index (χ3n) is 2.99. The summed E-state index contributed by atoms with van der Waals surface area (Å²) in [5.74, 6) is 1.10. The second-order valence-electron chi connectivity index (χ2n) is 4.26. The number of fused-ring (bicyclic) bond motifs is 1. The Balaban J connectivity index is 2.36. The molecule has 0 aliphatic rings. The summed E-state index contributed by atoms with van der Waals surface area (Å²) in [4.78, 5) is 22.8. The van der Waals surface area contributed by atoms with E-state index in [9.17, 15) is 4.79 Å². The molecule has 2 heterocycles. The summed E-state index contributed by atoms with van der Waals surface area (Å²) >= 11 is 6.07. The van der Waals surface area contributed by atoms with Crippen molar-refractivity contribution in [1.29, 1.82) is 0 Å². The second-order valence-corrected chi connectivity index (χ2v) is 4.64. The van der Waals surface area contributed by atoms with Gasteiger partial charge in [0, 0.05) is 6.42 Å². The molecule has 0 spiro atoms. The number of halogens is 1. The molecule has 102 valence electrons. The molecule has 6 nitrogen and oxygen atoms in total.